The summed E-state index contributed by atoms with van der Waals surface area (Å²) < 4.78 is 1.63. The normalized spacial score (nSPS) is 10.6. The Bertz CT molecular complexity index is 622. The number of nitrogens with one attached hydrogen (secondary N) is 1. The standard InChI is InChI=1S/C15H20N4O2/c1-2-19-10-13(16)14(18-19)15(21)17-12-7-3-5-11(9-12)6-4-8-20/h3,5,7,9-10,20H,2,4,6,8,16H2,1H3,(H,17,21). The third-order valence-electron chi connectivity index (χ3n) is 3.14. The van der Waals surface area contributed by atoms with Crippen LogP contribution in [-0.4, -0.2) is 27.4 Å². The molecule has 1 aromatic heterocycles. The Labute approximate surface area is 123 Å². The van der Waals surface area contributed by atoms with Crippen molar-refractivity contribution in [3.05, 3.63) is 41.7 Å². The average molecular weight is 288 g/mol. The molecule has 6 heteroatoms. The SMILES string of the molecule is CCn1cc(N)c(C(=O)Nc2cccc(CCCO)c2)n1. The molecule has 0 atom stereocenters. The van der Waals surface area contributed by atoms with Crippen molar-refractivity contribution < 1.29 is 9.90 Å². The molecule has 4 N–H and O–H groups in total. The van der Waals surface area contributed by atoms with Gasteiger partial charge in [-0.2, -0.15) is 5.10 Å². The van der Waals surface area contributed by atoms with E-state index in [0.717, 1.165) is 12.0 Å². The lowest BCUT2D eigenvalue weighted by atomic mass is 10.1. The minimum atomic E-state index is -0.320. The zero-order valence-corrected chi connectivity index (χ0v) is 12.0. The third-order valence-corrected chi connectivity index (χ3v) is 3.14. The molecule has 0 aliphatic carbocycles. The molecule has 0 saturated carbocycles. The second kappa shape index (κ2) is 6.90. The summed E-state index contributed by atoms with van der Waals surface area (Å²) in [5, 5.41) is 15.8. The van der Waals surface area contributed by atoms with E-state index in [9.17, 15) is 4.79 Å². The molecule has 1 aromatic carbocycles. The number of nitrogen functional groups attached to an aromatic ring is 1. The number of hydrogen-bond acceptors (Lipinski definition) is 4. The van der Waals surface area contributed by atoms with Crippen LogP contribution in [0.4, 0.5) is 11.4 Å². The lowest BCUT2D eigenvalue weighted by molar-refractivity contribution is 0.102. The van der Waals surface area contributed by atoms with Crippen molar-refractivity contribution in [3.8, 4) is 0 Å². The first-order chi connectivity index (χ1) is 10.1. The van der Waals surface area contributed by atoms with Gasteiger partial charge in [0.05, 0.1) is 5.69 Å². The molecule has 0 aliphatic heterocycles. The van der Waals surface area contributed by atoms with Crippen LogP contribution in [0.5, 0.6) is 0 Å². The molecule has 1 heterocycles. The molecule has 1 amide bonds. The number of benzene rings is 1. The fraction of sp³-hybridized carbons (Fsp3) is 0.333. The molecule has 112 valence electrons. The van der Waals surface area contributed by atoms with Crippen LogP contribution in [0.3, 0.4) is 0 Å². The second-order valence-corrected chi connectivity index (χ2v) is 4.77. The molecule has 0 radical (unpaired) electrons. The van der Waals surface area contributed by atoms with E-state index in [2.05, 4.69) is 10.4 Å². The maximum absolute atomic E-state index is 12.2. The van der Waals surface area contributed by atoms with Crippen LogP contribution in [0, 0.1) is 0 Å². The molecule has 6 nitrogen and oxygen atoms in total. The fourth-order valence-corrected chi connectivity index (χ4v) is 2.05. The number of aliphatic hydroxyl groups is 1. The molecule has 0 unspecified atom stereocenters. The highest BCUT2D eigenvalue weighted by Gasteiger charge is 2.14. The van der Waals surface area contributed by atoms with E-state index in [1.165, 1.54) is 0 Å². The second-order valence-electron chi connectivity index (χ2n) is 4.77. The molecule has 2 aromatic rings. The lowest BCUT2D eigenvalue weighted by Crippen LogP contribution is -2.15. The quantitative estimate of drug-likeness (QED) is 0.753. The first-order valence-electron chi connectivity index (χ1n) is 6.98. The molecular formula is C15H20N4O2. The largest absolute Gasteiger partial charge is 0.396 e. The van der Waals surface area contributed by atoms with Crippen LogP contribution in [-0.2, 0) is 13.0 Å². The Balaban J connectivity index is 2.10. The highest BCUT2D eigenvalue weighted by molar-refractivity contribution is 6.06. The van der Waals surface area contributed by atoms with E-state index in [4.69, 9.17) is 10.8 Å². The zero-order chi connectivity index (χ0) is 15.2. The average Bonchev–Trinajstić information content (AvgIpc) is 2.87. The summed E-state index contributed by atoms with van der Waals surface area (Å²) in [7, 11) is 0. The van der Waals surface area contributed by atoms with Crippen molar-refractivity contribution in [3.63, 3.8) is 0 Å². The van der Waals surface area contributed by atoms with Crippen molar-refractivity contribution in [2.75, 3.05) is 17.7 Å². The van der Waals surface area contributed by atoms with Gasteiger partial charge in [-0.1, -0.05) is 12.1 Å². The molecule has 0 spiro atoms. The number of carbonyl (C=O) groups is 1. The Hall–Kier alpha value is -2.34. The van der Waals surface area contributed by atoms with E-state index in [0.29, 0.717) is 24.3 Å². The first-order valence-corrected chi connectivity index (χ1v) is 6.98. The number of hydrogen-bond donors (Lipinski definition) is 3. The zero-order valence-electron chi connectivity index (χ0n) is 12.0. The van der Waals surface area contributed by atoms with Gasteiger partial charge < -0.3 is 16.2 Å². The number of nitrogens with two attached hydrogens (primary N) is 1. The maximum Gasteiger partial charge on any atom is 0.278 e. The fourth-order valence-electron chi connectivity index (χ4n) is 2.05. The van der Waals surface area contributed by atoms with Crippen molar-refractivity contribution in [2.24, 2.45) is 0 Å². The minimum Gasteiger partial charge on any atom is -0.396 e. The van der Waals surface area contributed by atoms with Gasteiger partial charge in [0.2, 0.25) is 0 Å². The summed E-state index contributed by atoms with van der Waals surface area (Å²) in [4.78, 5) is 12.2. The summed E-state index contributed by atoms with van der Waals surface area (Å²) in [5.74, 6) is -0.320. The van der Waals surface area contributed by atoms with Crippen molar-refractivity contribution in [1.82, 2.24) is 9.78 Å². The predicted molar refractivity (Wildman–Crippen MR) is 82.1 cm³/mol. The van der Waals surface area contributed by atoms with E-state index in [1.54, 1.807) is 10.9 Å². The molecule has 0 aliphatic rings. The number of anilines is 2. The summed E-state index contributed by atoms with van der Waals surface area (Å²) in [5.41, 5.74) is 8.15. The number of nitrogens with zero attached hydrogens (tertiary/aromatic N) is 2. The van der Waals surface area contributed by atoms with E-state index >= 15 is 0 Å². The maximum atomic E-state index is 12.2. The topological polar surface area (TPSA) is 93.2 Å². The van der Waals surface area contributed by atoms with Gasteiger partial charge in [-0.05, 0) is 37.5 Å². The predicted octanol–water partition coefficient (Wildman–Crippen LogP) is 1.66. The minimum absolute atomic E-state index is 0.154. The van der Waals surface area contributed by atoms with Crippen LogP contribution in [0.25, 0.3) is 0 Å². The van der Waals surface area contributed by atoms with Crippen LogP contribution < -0.4 is 11.1 Å². The van der Waals surface area contributed by atoms with Crippen LogP contribution in [0.1, 0.15) is 29.4 Å². The van der Waals surface area contributed by atoms with Gasteiger partial charge in [0.1, 0.15) is 0 Å². The number of aromatic nitrogens is 2. The van der Waals surface area contributed by atoms with Crippen LogP contribution in [0.15, 0.2) is 30.5 Å². The molecule has 0 saturated heterocycles. The molecule has 21 heavy (non-hydrogen) atoms. The molecule has 0 fully saturated rings. The van der Waals surface area contributed by atoms with Gasteiger partial charge in [0, 0.05) is 25.0 Å². The van der Waals surface area contributed by atoms with Crippen LogP contribution >= 0.6 is 0 Å². The number of aryl methyl sites for hydroxylation is 2. The van der Waals surface area contributed by atoms with Gasteiger partial charge >= 0.3 is 0 Å². The highest BCUT2D eigenvalue weighted by Crippen LogP contribution is 2.15. The number of amides is 1. The lowest BCUT2D eigenvalue weighted by Gasteiger charge is -2.06. The van der Waals surface area contributed by atoms with Crippen LogP contribution in [0.2, 0.25) is 0 Å². The van der Waals surface area contributed by atoms with Gasteiger partial charge in [-0.25, -0.2) is 0 Å². The number of rotatable bonds is 6. The Morgan fingerprint density at radius 3 is 2.95 bits per heavy atom. The van der Waals surface area contributed by atoms with Gasteiger partial charge in [0.25, 0.3) is 5.91 Å². The molecule has 0 bridgehead atoms. The highest BCUT2D eigenvalue weighted by atomic mass is 16.2. The number of aliphatic hydroxyl groups excluding tert-OH is 1. The Morgan fingerprint density at radius 2 is 2.29 bits per heavy atom. The Morgan fingerprint density at radius 1 is 1.48 bits per heavy atom. The van der Waals surface area contributed by atoms with E-state index < -0.39 is 0 Å². The monoisotopic (exact) mass is 288 g/mol. The number of carbonyl (C=O) groups excluding carboxylic acids is 1. The molecule has 2 rings (SSSR count). The van der Waals surface area contributed by atoms with E-state index in [-0.39, 0.29) is 18.2 Å². The summed E-state index contributed by atoms with van der Waals surface area (Å²) in [6, 6.07) is 7.54. The van der Waals surface area contributed by atoms with Crippen molar-refractivity contribution in [1.29, 1.82) is 0 Å². The Kier molecular flexibility index (Phi) is 4.94. The first kappa shape index (κ1) is 15.1. The van der Waals surface area contributed by atoms with E-state index in [1.807, 2.05) is 31.2 Å². The summed E-state index contributed by atoms with van der Waals surface area (Å²) >= 11 is 0. The van der Waals surface area contributed by atoms with Gasteiger partial charge in [0.15, 0.2) is 5.69 Å². The smallest absolute Gasteiger partial charge is 0.278 e. The molecular weight excluding hydrogens is 268 g/mol. The third kappa shape index (κ3) is 3.82. The summed E-state index contributed by atoms with van der Waals surface area (Å²) in [6.45, 7) is 2.74. The van der Waals surface area contributed by atoms with Crippen molar-refractivity contribution in [2.45, 2.75) is 26.3 Å². The van der Waals surface area contributed by atoms with Gasteiger partial charge in [-0.3, -0.25) is 9.48 Å². The summed E-state index contributed by atoms with van der Waals surface area (Å²) in [6.07, 6.45) is 3.12. The van der Waals surface area contributed by atoms with Crippen molar-refractivity contribution >= 4 is 17.3 Å². The van der Waals surface area contributed by atoms with Gasteiger partial charge in [-0.15, -0.1) is 0 Å².